The van der Waals surface area contributed by atoms with Gasteiger partial charge in [0.25, 0.3) is 0 Å². The van der Waals surface area contributed by atoms with Crippen molar-refractivity contribution in [1.82, 2.24) is 16.0 Å². The van der Waals surface area contributed by atoms with E-state index in [-0.39, 0.29) is 6.17 Å². The van der Waals surface area contributed by atoms with Gasteiger partial charge in [0.05, 0.1) is 12.7 Å². The summed E-state index contributed by atoms with van der Waals surface area (Å²) >= 11 is 0. The van der Waals surface area contributed by atoms with E-state index in [1.807, 2.05) is 49.4 Å². The third kappa shape index (κ3) is 10.3. The van der Waals surface area contributed by atoms with Crippen LogP contribution in [0.4, 0.5) is 0 Å². The lowest BCUT2D eigenvalue weighted by molar-refractivity contribution is 0.457. The molecule has 1 saturated carbocycles. The third-order valence-electron chi connectivity index (χ3n) is 5.25. The van der Waals surface area contributed by atoms with Gasteiger partial charge in [-0.3, -0.25) is 0 Å². The zero-order chi connectivity index (χ0) is 23.9. The van der Waals surface area contributed by atoms with Crippen molar-refractivity contribution in [1.29, 1.82) is 0 Å². The van der Waals surface area contributed by atoms with Crippen LogP contribution < -0.4 is 27.4 Å². The number of nitrogens with one attached hydrogen (secondary N) is 3. The van der Waals surface area contributed by atoms with Crippen LogP contribution in [-0.4, -0.2) is 19.1 Å². The highest BCUT2D eigenvalue weighted by atomic mass is 15.0. The molecule has 0 radical (unpaired) electrons. The Bertz CT molecular complexity index is 792. The summed E-state index contributed by atoms with van der Waals surface area (Å²) in [5.74, 6) is 0.423. The molecule has 5 heteroatoms. The average Bonchev–Trinajstić information content (AvgIpc) is 3.24. The minimum atomic E-state index is -0.341. The van der Waals surface area contributed by atoms with Crippen LogP contribution in [0.3, 0.4) is 0 Å². The lowest BCUT2D eigenvalue weighted by atomic mass is 9.99. The van der Waals surface area contributed by atoms with Crippen LogP contribution in [0.2, 0.25) is 0 Å². The summed E-state index contributed by atoms with van der Waals surface area (Å²) in [7, 11) is 0. The Morgan fingerprint density at radius 2 is 1.75 bits per heavy atom. The molecule has 174 valence electrons. The molecule has 0 bridgehead atoms. The largest absolute Gasteiger partial charge is 0.384 e. The van der Waals surface area contributed by atoms with Crippen LogP contribution in [0, 0.1) is 5.92 Å². The zero-order valence-electron chi connectivity index (χ0n) is 19.6. The molecule has 32 heavy (non-hydrogen) atoms. The maximum Gasteiger partial charge on any atom is 0.0784 e. The van der Waals surface area contributed by atoms with E-state index in [4.69, 9.17) is 11.5 Å². The Balaban J connectivity index is 0.000000471. The Labute approximate surface area is 194 Å². The predicted octanol–water partition coefficient (Wildman–Crippen LogP) is 4.39. The fourth-order valence-corrected chi connectivity index (χ4v) is 3.49. The van der Waals surface area contributed by atoms with Gasteiger partial charge in [-0.25, -0.2) is 0 Å². The van der Waals surface area contributed by atoms with E-state index in [1.54, 1.807) is 6.08 Å². The van der Waals surface area contributed by atoms with Crippen LogP contribution >= 0.6 is 0 Å². The molecule has 1 aromatic carbocycles. The Morgan fingerprint density at radius 1 is 1.06 bits per heavy atom. The highest BCUT2D eigenvalue weighted by molar-refractivity contribution is 5.24. The van der Waals surface area contributed by atoms with Crippen molar-refractivity contribution >= 4 is 0 Å². The van der Waals surface area contributed by atoms with Gasteiger partial charge in [-0.05, 0) is 30.9 Å². The van der Waals surface area contributed by atoms with Crippen LogP contribution in [0.1, 0.15) is 37.9 Å². The molecule has 2 rings (SSSR count). The number of benzene rings is 1. The molecule has 0 aliphatic heterocycles. The normalized spacial score (nSPS) is 17.6. The minimum Gasteiger partial charge on any atom is -0.384 e. The maximum atomic E-state index is 5.39. The number of nitrogens with two attached hydrogens (primary N) is 2. The molecule has 0 saturated heterocycles. The molecule has 1 aromatic rings. The van der Waals surface area contributed by atoms with E-state index in [0.29, 0.717) is 18.5 Å². The van der Waals surface area contributed by atoms with Crippen molar-refractivity contribution in [2.24, 2.45) is 17.4 Å². The maximum absolute atomic E-state index is 5.39. The van der Waals surface area contributed by atoms with E-state index in [0.717, 1.165) is 47.6 Å². The van der Waals surface area contributed by atoms with Gasteiger partial charge in [-0.15, -0.1) is 0 Å². The molecule has 0 spiro atoms. The molecule has 2 atom stereocenters. The summed E-state index contributed by atoms with van der Waals surface area (Å²) in [6.45, 7) is 23.1. The van der Waals surface area contributed by atoms with Gasteiger partial charge in [0, 0.05) is 35.6 Å². The Kier molecular flexibility index (Phi) is 12.6. The molecule has 7 N–H and O–H groups in total. The molecule has 2 unspecified atom stereocenters. The monoisotopic (exact) mass is 435 g/mol. The summed E-state index contributed by atoms with van der Waals surface area (Å²) in [5.41, 5.74) is 15.9. The van der Waals surface area contributed by atoms with Crippen molar-refractivity contribution < 1.29 is 0 Å². The fraction of sp³-hybridized carbons (Fsp3) is 0.333. The highest BCUT2D eigenvalue weighted by Gasteiger charge is 2.29. The number of hydrogen-bond donors (Lipinski definition) is 5. The first kappa shape index (κ1) is 27.0. The summed E-state index contributed by atoms with van der Waals surface area (Å²) < 4.78 is 0. The standard InChI is InChI=1S/C20H31N3.C7H10N2/c1-7-10-18(8-2)14-22-17(6)19-11-9-12-20(19)23-16(5)13-21-15(3)4;8-7(9)6-4-2-1-3-5-6/h7-8,10,19-23H,1-3,5-6,9,11-14H2,4H3;1-5,7H,8-9H2/b18-10+;. The lowest BCUT2D eigenvalue weighted by Crippen LogP contribution is -2.37. The van der Waals surface area contributed by atoms with Crippen LogP contribution in [0.15, 0.2) is 104 Å². The summed E-state index contributed by atoms with van der Waals surface area (Å²) in [5, 5.41) is 10.2. The number of rotatable bonds is 12. The van der Waals surface area contributed by atoms with Gasteiger partial charge in [0.2, 0.25) is 0 Å². The zero-order valence-corrected chi connectivity index (χ0v) is 19.6. The Morgan fingerprint density at radius 3 is 2.28 bits per heavy atom. The SMILES string of the molecule is C=C/C=C(\C=C)CNC(=C)C1CCCC1NC(=C)CNC(=C)C.NC(N)c1ccccc1. The molecule has 0 amide bonds. The highest BCUT2D eigenvalue weighted by Crippen LogP contribution is 2.30. The average molecular weight is 436 g/mol. The van der Waals surface area contributed by atoms with Gasteiger partial charge >= 0.3 is 0 Å². The molecule has 0 aromatic heterocycles. The van der Waals surface area contributed by atoms with Crippen LogP contribution in [-0.2, 0) is 0 Å². The summed E-state index contributed by atoms with van der Waals surface area (Å²) in [4.78, 5) is 0. The van der Waals surface area contributed by atoms with E-state index in [2.05, 4.69) is 48.8 Å². The smallest absolute Gasteiger partial charge is 0.0784 e. The van der Waals surface area contributed by atoms with Gasteiger partial charge in [0.15, 0.2) is 0 Å². The van der Waals surface area contributed by atoms with Gasteiger partial charge in [0.1, 0.15) is 0 Å². The molecular weight excluding hydrogens is 394 g/mol. The Hall–Kier alpha value is -3.02. The van der Waals surface area contributed by atoms with Crippen molar-refractivity contribution in [3.63, 3.8) is 0 Å². The second-order valence-corrected chi connectivity index (χ2v) is 8.02. The molecule has 0 heterocycles. The van der Waals surface area contributed by atoms with E-state index in [1.165, 1.54) is 6.42 Å². The van der Waals surface area contributed by atoms with Gasteiger partial charge < -0.3 is 27.4 Å². The van der Waals surface area contributed by atoms with Crippen LogP contribution in [0.25, 0.3) is 0 Å². The van der Waals surface area contributed by atoms with Crippen LogP contribution in [0.5, 0.6) is 0 Å². The summed E-state index contributed by atoms with van der Waals surface area (Å²) in [6.07, 6.45) is 8.75. The molecule has 1 fully saturated rings. The quantitative estimate of drug-likeness (QED) is 0.248. The first-order valence-electron chi connectivity index (χ1n) is 11.0. The molecular formula is C27H41N5. The van der Waals surface area contributed by atoms with E-state index >= 15 is 0 Å². The molecule has 1 aliphatic rings. The first-order chi connectivity index (χ1) is 15.3. The van der Waals surface area contributed by atoms with Crippen molar-refractivity contribution in [2.75, 3.05) is 13.1 Å². The van der Waals surface area contributed by atoms with Crippen molar-refractivity contribution in [3.05, 3.63) is 110 Å². The second-order valence-electron chi connectivity index (χ2n) is 8.02. The fourth-order valence-electron chi connectivity index (χ4n) is 3.49. The lowest BCUT2D eigenvalue weighted by Gasteiger charge is -2.26. The second kappa shape index (κ2) is 14.9. The van der Waals surface area contributed by atoms with E-state index in [9.17, 15) is 0 Å². The van der Waals surface area contributed by atoms with E-state index < -0.39 is 0 Å². The third-order valence-corrected chi connectivity index (χ3v) is 5.25. The first-order valence-corrected chi connectivity index (χ1v) is 11.0. The van der Waals surface area contributed by atoms with Crippen molar-refractivity contribution in [3.8, 4) is 0 Å². The predicted molar refractivity (Wildman–Crippen MR) is 139 cm³/mol. The molecule has 1 aliphatic carbocycles. The topological polar surface area (TPSA) is 88.1 Å². The number of allylic oxidation sites excluding steroid dienone is 3. The van der Waals surface area contributed by atoms with Gasteiger partial charge in [-0.2, -0.15) is 0 Å². The molecule has 5 nitrogen and oxygen atoms in total. The van der Waals surface area contributed by atoms with Crippen molar-refractivity contribution in [2.45, 2.75) is 38.4 Å². The number of hydrogen-bond acceptors (Lipinski definition) is 5. The van der Waals surface area contributed by atoms with Gasteiger partial charge in [-0.1, -0.05) is 87.9 Å². The summed E-state index contributed by atoms with van der Waals surface area (Å²) in [6, 6.07) is 9.98. The minimum absolute atomic E-state index is 0.341.